The van der Waals surface area contributed by atoms with Crippen LogP contribution in [0.15, 0.2) is 24.4 Å². The van der Waals surface area contributed by atoms with Gasteiger partial charge in [0.05, 0.1) is 11.4 Å². The molecule has 0 N–H and O–H groups in total. The maximum atomic E-state index is 12.2. The van der Waals surface area contributed by atoms with Crippen molar-refractivity contribution in [2.45, 2.75) is 45.0 Å². The van der Waals surface area contributed by atoms with Crippen LogP contribution in [-0.2, 0) is 21.3 Å². The number of ether oxygens (including phenoxy) is 1. The second kappa shape index (κ2) is 7.90. The first-order valence-electron chi connectivity index (χ1n) is 8.06. The number of likely N-dealkylation sites (tertiary alicyclic amines) is 1. The van der Waals surface area contributed by atoms with E-state index in [0.717, 1.165) is 18.5 Å². The molecule has 1 saturated heterocycles. The fourth-order valence-electron chi connectivity index (χ4n) is 2.58. The van der Waals surface area contributed by atoms with E-state index in [9.17, 15) is 9.00 Å². The maximum Gasteiger partial charge on any atom is 0.410 e. The summed E-state index contributed by atoms with van der Waals surface area (Å²) in [6, 6.07) is 5.68. The van der Waals surface area contributed by atoms with Crippen molar-refractivity contribution in [3.63, 3.8) is 0 Å². The topological polar surface area (TPSA) is 59.5 Å². The third-order valence-corrected chi connectivity index (χ3v) is 5.18. The standard InChI is InChI=1S/C17H26N2O3S/c1-17(2,3)22-16(20)19-10-7-14(8-11-19)12-23(21)13-15-6-4-5-9-18-15/h4-6,9,14H,7-8,10-13H2,1-3H3. The smallest absolute Gasteiger partial charge is 0.410 e. The normalized spacial score (nSPS) is 17.8. The van der Waals surface area contributed by atoms with Gasteiger partial charge in [-0.2, -0.15) is 0 Å². The molecular formula is C17H26N2O3S. The second-order valence-corrected chi connectivity index (χ2v) is 8.48. The first-order valence-corrected chi connectivity index (χ1v) is 9.55. The number of hydrogen-bond acceptors (Lipinski definition) is 4. The highest BCUT2D eigenvalue weighted by Gasteiger charge is 2.27. The van der Waals surface area contributed by atoms with Gasteiger partial charge in [-0.3, -0.25) is 9.19 Å². The van der Waals surface area contributed by atoms with Gasteiger partial charge in [0.2, 0.25) is 0 Å². The Morgan fingerprint density at radius 2 is 2.04 bits per heavy atom. The van der Waals surface area contributed by atoms with Crippen LogP contribution in [0.5, 0.6) is 0 Å². The van der Waals surface area contributed by atoms with Crippen LogP contribution in [0.1, 0.15) is 39.3 Å². The monoisotopic (exact) mass is 338 g/mol. The van der Waals surface area contributed by atoms with Crippen LogP contribution in [-0.4, -0.2) is 44.6 Å². The van der Waals surface area contributed by atoms with Crippen LogP contribution >= 0.6 is 0 Å². The van der Waals surface area contributed by atoms with E-state index >= 15 is 0 Å². The number of amides is 1. The van der Waals surface area contributed by atoms with Crippen LogP contribution in [0.2, 0.25) is 0 Å². The SMILES string of the molecule is CC(C)(C)OC(=O)N1CCC(CS(=O)Cc2ccccn2)CC1. The van der Waals surface area contributed by atoms with Crippen LogP contribution in [0, 0.1) is 5.92 Å². The molecule has 1 unspecified atom stereocenters. The Hall–Kier alpha value is -1.43. The average molecular weight is 338 g/mol. The quantitative estimate of drug-likeness (QED) is 0.847. The lowest BCUT2D eigenvalue weighted by atomic mass is 9.99. The summed E-state index contributed by atoms with van der Waals surface area (Å²) in [6.07, 6.45) is 3.25. The molecule has 1 aliphatic heterocycles. The number of aromatic nitrogens is 1. The molecule has 0 radical (unpaired) electrons. The van der Waals surface area contributed by atoms with Gasteiger partial charge in [0.15, 0.2) is 0 Å². The van der Waals surface area contributed by atoms with Gasteiger partial charge < -0.3 is 9.64 Å². The molecule has 1 amide bonds. The Labute approximate surface area is 140 Å². The summed E-state index contributed by atoms with van der Waals surface area (Å²) in [5.74, 6) is 1.59. The van der Waals surface area contributed by atoms with Crippen molar-refractivity contribution in [2.24, 2.45) is 5.92 Å². The largest absolute Gasteiger partial charge is 0.444 e. The van der Waals surface area contributed by atoms with E-state index in [2.05, 4.69) is 4.98 Å². The van der Waals surface area contributed by atoms with Crippen LogP contribution in [0.4, 0.5) is 4.79 Å². The minimum absolute atomic E-state index is 0.245. The Kier molecular flexibility index (Phi) is 6.16. The molecule has 0 saturated carbocycles. The van der Waals surface area contributed by atoms with Crippen LogP contribution < -0.4 is 0 Å². The maximum absolute atomic E-state index is 12.2. The molecule has 0 aliphatic carbocycles. The van der Waals surface area contributed by atoms with Crippen molar-refractivity contribution < 1.29 is 13.7 Å². The summed E-state index contributed by atoms with van der Waals surface area (Å²) in [7, 11) is -0.904. The first-order chi connectivity index (χ1) is 10.8. The second-order valence-electron chi connectivity index (χ2n) is 6.98. The molecule has 6 heteroatoms. The third kappa shape index (κ3) is 6.29. The molecule has 1 fully saturated rings. The Morgan fingerprint density at radius 3 is 2.61 bits per heavy atom. The highest BCUT2D eigenvalue weighted by Crippen LogP contribution is 2.21. The molecule has 2 rings (SSSR count). The fourth-order valence-corrected chi connectivity index (χ4v) is 4.06. The van der Waals surface area contributed by atoms with Gasteiger partial charge in [-0.1, -0.05) is 6.07 Å². The number of carbonyl (C=O) groups excluding carboxylic acids is 1. The van der Waals surface area contributed by atoms with Crippen molar-refractivity contribution in [3.05, 3.63) is 30.1 Å². The lowest BCUT2D eigenvalue weighted by Crippen LogP contribution is -2.42. The van der Waals surface area contributed by atoms with Crippen molar-refractivity contribution >= 4 is 16.9 Å². The molecule has 0 aromatic carbocycles. The minimum Gasteiger partial charge on any atom is -0.444 e. The molecule has 1 aromatic heterocycles. The zero-order valence-electron chi connectivity index (χ0n) is 14.2. The molecule has 1 aromatic rings. The van der Waals surface area contributed by atoms with Gasteiger partial charge in [0.25, 0.3) is 0 Å². The van der Waals surface area contributed by atoms with E-state index < -0.39 is 16.4 Å². The van der Waals surface area contributed by atoms with Gasteiger partial charge in [-0.05, 0) is 51.7 Å². The number of hydrogen-bond donors (Lipinski definition) is 0. The number of rotatable bonds is 4. The molecule has 23 heavy (non-hydrogen) atoms. The number of pyridine rings is 1. The van der Waals surface area contributed by atoms with E-state index in [1.165, 1.54) is 0 Å². The molecular weight excluding hydrogens is 312 g/mol. The van der Waals surface area contributed by atoms with E-state index in [0.29, 0.717) is 30.5 Å². The lowest BCUT2D eigenvalue weighted by Gasteiger charge is -2.33. The predicted octanol–water partition coefficient (Wildman–Crippen LogP) is 2.98. The minimum atomic E-state index is -0.904. The summed E-state index contributed by atoms with van der Waals surface area (Å²) in [6.45, 7) is 6.98. The van der Waals surface area contributed by atoms with Crippen molar-refractivity contribution in [1.82, 2.24) is 9.88 Å². The summed E-state index contributed by atoms with van der Waals surface area (Å²) in [4.78, 5) is 18.0. The molecule has 2 heterocycles. The number of carbonyl (C=O) groups is 1. The lowest BCUT2D eigenvalue weighted by molar-refractivity contribution is 0.0191. The Balaban J connectivity index is 1.74. The third-order valence-electron chi connectivity index (χ3n) is 3.72. The molecule has 0 bridgehead atoms. The highest BCUT2D eigenvalue weighted by molar-refractivity contribution is 7.84. The first kappa shape index (κ1) is 17.9. The van der Waals surface area contributed by atoms with E-state index in [-0.39, 0.29) is 6.09 Å². The summed E-state index contributed by atoms with van der Waals surface area (Å²) in [5, 5.41) is 0. The zero-order valence-corrected chi connectivity index (χ0v) is 15.0. The number of piperidine rings is 1. The van der Waals surface area contributed by atoms with Gasteiger partial charge in [0, 0.05) is 35.8 Å². The van der Waals surface area contributed by atoms with Crippen LogP contribution in [0.3, 0.4) is 0 Å². The van der Waals surface area contributed by atoms with E-state index in [1.54, 1.807) is 11.1 Å². The molecule has 1 aliphatic rings. The van der Waals surface area contributed by atoms with Crippen molar-refractivity contribution in [1.29, 1.82) is 0 Å². The summed E-state index contributed by atoms with van der Waals surface area (Å²) in [5.41, 5.74) is 0.412. The van der Waals surface area contributed by atoms with Gasteiger partial charge in [-0.15, -0.1) is 0 Å². The molecule has 5 nitrogen and oxygen atoms in total. The highest BCUT2D eigenvalue weighted by atomic mass is 32.2. The zero-order chi connectivity index (χ0) is 16.9. The summed E-state index contributed by atoms with van der Waals surface area (Å²) >= 11 is 0. The van der Waals surface area contributed by atoms with Crippen molar-refractivity contribution in [2.75, 3.05) is 18.8 Å². The predicted molar refractivity (Wildman–Crippen MR) is 91.5 cm³/mol. The van der Waals surface area contributed by atoms with E-state index in [4.69, 9.17) is 4.74 Å². The van der Waals surface area contributed by atoms with Gasteiger partial charge in [0.1, 0.15) is 5.60 Å². The molecule has 0 spiro atoms. The van der Waals surface area contributed by atoms with Gasteiger partial charge >= 0.3 is 6.09 Å². The molecule has 128 valence electrons. The Bertz CT molecular complexity index is 535. The van der Waals surface area contributed by atoms with E-state index in [1.807, 2.05) is 39.0 Å². The molecule has 1 atom stereocenters. The fraction of sp³-hybridized carbons (Fsp3) is 0.647. The Morgan fingerprint density at radius 1 is 1.35 bits per heavy atom. The van der Waals surface area contributed by atoms with Crippen molar-refractivity contribution in [3.8, 4) is 0 Å². The average Bonchev–Trinajstić information content (AvgIpc) is 2.47. The number of nitrogens with zero attached hydrogens (tertiary/aromatic N) is 2. The summed E-state index contributed by atoms with van der Waals surface area (Å²) < 4.78 is 17.6. The van der Waals surface area contributed by atoms with Gasteiger partial charge in [-0.25, -0.2) is 4.79 Å². The van der Waals surface area contributed by atoms with Crippen LogP contribution in [0.25, 0.3) is 0 Å².